The Labute approximate surface area is 63.8 Å². The number of hydrogen-bond donors (Lipinski definition) is 2. The van der Waals surface area contributed by atoms with Gasteiger partial charge in [-0.15, -0.1) is 0 Å². The molecule has 52 valence electrons. The van der Waals surface area contributed by atoms with E-state index in [0.717, 1.165) is 0 Å². The van der Waals surface area contributed by atoms with Crippen LogP contribution in [0.4, 0.5) is 0 Å². The predicted octanol–water partition coefficient (Wildman–Crippen LogP) is 1.38. The lowest BCUT2D eigenvalue weighted by molar-refractivity contribution is 0.338. The standard InChI is InChI=1S/C5H7ClO2S/c6-4(3-7)1-2-5(8)9/h1,7H,2-3H2,(H,8,9). The van der Waals surface area contributed by atoms with Crippen molar-refractivity contribution in [3.8, 4) is 0 Å². The molecular formula is C5H7ClO2S. The molecule has 0 bridgehead atoms. The number of rotatable bonds is 3. The van der Waals surface area contributed by atoms with Gasteiger partial charge in [0.2, 0.25) is 0 Å². The van der Waals surface area contributed by atoms with Crippen LogP contribution in [0.3, 0.4) is 0 Å². The molecule has 2 nitrogen and oxygen atoms in total. The van der Waals surface area contributed by atoms with Gasteiger partial charge in [-0.1, -0.05) is 17.7 Å². The molecular weight excluding hydrogens is 160 g/mol. The van der Waals surface area contributed by atoms with Crippen LogP contribution in [0, 0.1) is 0 Å². The molecule has 2 N–H and O–H groups in total. The maximum absolute atomic E-state index is 8.44. The van der Waals surface area contributed by atoms with E-state index in [2.05, 4.69) is 12.2 Å². The quantitative estimate of drug-likeness (QED) is 0.623. The first-order valence-corrected chi connectivity index (χ1v) is 3.12. The van der Waals surface area contributed by atoms with E-state index in [-0.39, 0.29) is 18.1 Å². The summed E-state index contributed by atoms with van der Waals surface area (Å²) >= 11 is 9.68. The van der Waals surface area contributed by atoms with Gasteiger partial charge in [-0.05, 0) is 12.2 Å². The van der Waals surface area contributed by atoms with E-state index in [9.17, 15) is 0 Å². The number of halogens is 1. The van der Waals surface area contributed by atoms with Crippen LogP contribution in [0.2, 0.25) is 0 Å². The lowest BCUT2D eigenvalue weighted by Crippen LogP contribution is -1.88. The minimum absolute atomic E-state index is 0.124. The van der Waals surface area contributed by atoms with Gasteiger partial charge in [-0.3, -0.25) is 0 Å². The molecule has 0 heterocycles. The first kappa shape index (κ1) is 8.88. The summed E-state index contributed by atoms with van der Waals surface area (Å²) in [5, 5.41) is 16.9. The summed E-state index contributed by atoms with van der Waals surface area (Å²) in [4.78, 5) is 0. The van der Waals surface area contributed by atoms with Crippen molar-refractivity contribution in [3.63, 3.8) is 0 Å². The van der Waals surface area contributed by atoms with Crippen molar-refractivity contribution in [2.45, 2.75) is 6.42 Å². The lowest BCUT2D eigenvalue weighted by Gasteiger charge is -1.89. The molecule has 0 saturated carbocycles. The van der Waals surface area contributed by atoms with Crippen LogP contribution in [-0.2, 0) is 0 Å². The average molecular weight is 167 g/mol. The van der Waals surface area contributed by atoms with Crippen molar-refractivity contribution in [2.75, 3.05) is 6.61 Å². The highest BCUT2D eigenvalue weighted by atomic mass is 35.5. The molecule has 0 aromatic carbocycles. The second kappa shape index (κ2) is 4.73. The molecule has 0 atom stereocenters. The first-order valence-electron chi connectivity index (χ1n) is 2.34. The maximum atomic E-state index is 8.44. The molecule has 0 amide bonds. The van der Waals surface area contributed by atoms with Crippen LogP contribution in [0.5, 0.6) is 0 Å². The third-order valence-corrected chi connectivity index (χ3v) is 1.09. The van der Waals surface area contributed by atoms with Gasteiger partial charge in [0.15, 0.2) is 5.05 Å². The maximum Gasteiger partial charge on any atom is 0.160 e. The summed E-state index contributed by atoms with van der Waals surface area (Å²) in [5.74, 6) is 0. The highest BCUT2D eigenvalue weighted by Gasteiger charge is 1.89. The Kier molecular flexibility index (Phi) is 4.67. The second-order valence-electron chi connectivity index (χ2n) is 1.41. The first-order chi connectivity index (χ1) is 4.16. The van der Waals surface area contributed by atoms with Crippen LogP contribution in [0.1, 0.15) is 6.42 Å². The molecule has 0 aliphatic rings. The fraction of sp³-hybridized carbons (Fsp3) is 0.400. The average Bonchev–Trinajstić information content (AvgIpc) is 1.83. The molecule has 0 aliphatic carbocycles. The van der Waals surface area contributed by atoms with Crippen LogP contribution in [-0.4, -0.2) is 21.9 Å². The van der Waals surface area contributed by atoms with Crippen molar-refractivity contribution < 1.29 is 10.2 Å². The van der Waals surface area contributed by atoms with Crippen LogP contribution >= 0.6 is 23.8 Å². The topological polar surface area (TPSA) is 40.5 Å². The highest BCUT2D eigenvalue weighted by molar-refractivity contribution is 7.80. The number of thiocarbonyl (C=S) groups is 1. The fourth-order valence-corrected chi connectivity index (χ4v) is 0.423. The SMILES string of the molecule is OCC(Cl)=CCC(O)=S. The summed E-state index contributed by atoms with van der Waals surface area (Å²) in [6, 6.07) is 0. The minimum atomic E-state index is -0.204. The molecule has 9 heavy (non-hydrogen) atoms. The summed E-state index contributed by atoms with van der Waals surface area (Å²) in [6.07, 6.45) is 1.69. The summed E-state index contributed by atoms with van der Waals surface area (Å²) in [6.45, 7) is -0.204. The molecule has 0 unspecified atom stereocenters. The summed E-state index contributed by atoms with van der Waals surface area (Å²) in [7, 11) is 0. The van der Waals surface area contributed by atoms with Crippen molar-refractivity contribution in [1.82, 2.24) is 0 Å². The molecule has 0 radical (unpaired) electrons. The third-order valence-electron chi connectivity index (χ3n) is 0.649. The van der Waals surface area contributed by atoms with Gasteiger partial charge in [0.1, 0.15) is 0 Å². The summed E-state index contributed by atoms with van der Waals surface area (Å²) in [5.41, 5.74) is 0. The summed E-state index contributed by atoms with van der Waals surface area (Å²) < 4.78 is 0. The van der Waals surface area contributed by atoms with E-state index in [1.54, 1.807) is 0 Å². The normalized spacial score (nSPS) is 11.6. The molecule has 0 spiro atoms. The second-order valence-corrected chi connectivity index (χ2v) is 2.36. The Bertz CT molecular complexity index is 133. The van der Waals surface area contributed by atoms with Crippen LogP contribution < -0.4 is 0 Å². The van der Waals surface area contributed by atoms with Gasteiger partial charge in [0.05, 0.1) is 6.61 Å². The van der Waals surface area contributed by atoms with Crippen molar-refractivity contribution in [2.24, 2.45) is 0 Å². The van der Waals surface area contributed by atoms with E-state index in [1.165, 1.54) is 6.08 Å². The molecule has 0 aromatic rings. The van der Waals surface area contributed by atoms with Gasteiger partial charge < -0.3 is 10.2 Å². The molecule has 0 saturated heterocycles. The lowest BCUT2D eigenvalue weighted by atomic mass is 10.4. The van der Waals surface area contributed by atoms with E-state index in [1.807, 2.05) is 0 Å². The predicted molar refractivity (Wildman–Crippen MR) is 40.9 cm³/mol. The molecule has 0 aliphatic heterocycles. The van der Waals surface area contributed by atoms with Crippen LogP contribution in [0.15, 0.2) is 11.1 Å². The monoisotopic (exact) mass is 166 g/mol. The Morgan fingerprint density at radius 3 is 2.56 bits per heavy atom. The Morgan fingerprint density at radius 1 is 1.67 bits per heavy atom. The Balaban J connectivity index is 3.56. The van der Waals surface area contributed by atoms with E-state index >= 15 is 0 Å². The highest BCUT2D eigenvalue weighted by Crippen LogP contribution is 2.00. The molecule has 4 heteroatoms. The number of aliphatic hydroxyl groups excluding tert-OH is 2. The number of hydrogen-bond acceptors (Lipinski definition) is 2. The zero-order valence-electron chi connectivity index (χ0n) is 4.67. The molecule has 0 rings (SSSR count). The van der Waals surface area contributed by atoms with Gasteiger partial charge >= 0.3 is 0 Å². The van der Waals surface area contributed by atoms with Gasteiger partial charge in [-0.25, -0.2) is 0 Å². The van der Waals surface area contributed by atoms with Crippen molar-refractivity contribution >= 4 is 28.9 Å². The number of aliphatic hydroxyl groups is 2. The third kappa shape index (κ3) is 5.76. The van der Waals surface area contributed by atoms with Crippen LogP contribution in [0.25, 0.3) is 0 Å². The van der Waals surface area contributed by atoms with Gasteiger partial charge in [0.25, 0.3) is 0 Å². The Morgan fingerprint density at radius 2 is 2.22 bits per heavy atom. The Hall–Kier alpha value is -0.120. The molecule has 0 aromatic heterocycles. The largest absolute Gasteiger partial charge is 0.502 e. The van der Waals surface area contributed by atoms with Crippen molar-refractivity contribution in [3.05, 3.63) is 11.1 Å². The van der Waals surface area contributed by atoms with E-state index in [0.29, 0.717) is 5.03 Å². The van der Waals surface area contributed by atoms with E-state index < -0.39 is 0 Å². The minimum Gasteiger partial charge on any atom is -0.502 e. The van der Waals surface area contributed by atoms with Gasteiger partial charge in [-0.2, -0.15) is 0 Å². The van der Waals surface area contributed by atoms with Gasteiger partial charge in [0, 0.05) is 11.5 Å². The molecule has 0 fully saturated rings. The zero-order valence-corrected chi connectivity index (χ0v) is 6.24. The zero-order chi connectivity index (χ0) is 7.28. The fourth-order valence-electron chi connectivity index (χ4n) is 0.263. The van der Waals surface area contributed by atoms with Crippen molar-refractivity contribution in [1.29, 1.82) is 0 Å². The smallest absolute Gasteiger partial charge is 0.160 e. The van der Waals surface area contributed by atoms with E-state index in [4.69, 9.17) is 21.8 Å².